The molecule has 170 valence electrons. The first-order valence-corrected chi connectivity index (χ1v) is 11.0. The molecule has 0 aliphatic carbocycles. The molecule has 2 saturated heterocycles. The van der Waals surface area contributed by atoms with Crippen LogP contribution in [0.4, 0.5) is 0 Å². The number of halogens is 2. The lowest BCUT2D eigenvalue weighted by atomic mass is 9.96. The van der Waals surface area contributed by atoms with Gasteiger partial charge in [0.2, 0.25) is 0 Å². The van der Waals surface area contributed by atoms with E-state index in [4.69, 9.17) is 37.4 Å². The predicted molar refractivity (Wildman–Crippen MR) is 120 cm³/mol. The van der Waals surface area contributed by atoms with Gasteiger partial charge in [-0.15, -0.1) is 0 Å². The van der Waals surface area contributed by atoms with E-state index in [2.05, 4.69) is 10.6 Å². The van der Waals surface area contributed by atoms with Crippen molar-refractivity contribution in [3.63, 3.8) is 0 Å². The fourth-order valence-electron chi connectivity index (χ4n) is 4.08. The summed E-state index contributed by atoms with van der Waals surface area (Å²) in [6.07, 6.45) is -0.935. The Labute approximate surface area is 196 Å². The van der Waals surface area contributed by atoms with Crippen LogP contribution in [0, 0.1) is 0 Å². The number of ether oxygens (including phenoxy) is 3. The molecule has 0 unspecified atom stereocenters. The van der Waals surface area contributed by atoms with Gasteiger partial charge < -0.3 is 24.8 Å². The Balaban J connectivity index is 1.42. The Morgan fingerprint density at radius 3 is 2.53 bits per heavy atom. The molecule has 3 atom stereocenters. The molecular weight excluding hydrogens is 455 g/mol. The molecule has 7 nitrogen and oxygen atoms in total. The van der Waals surface area contributed by atoms with Crippen molar-refractivity contribution in [2.24, 2.45) is 0 Å². The average molecular weight is 479 g/mol. The summed E-state index contributed by atoms with van der Waals surface area (Å²) in [6.45, 7) is 4.25. The van der Waals surface area contributed by atoms with Crippen LogP contribution in [-0.4, -0.2) is 55.1 Å². The highest BCUT2D eigenvalue weighted by Gasteiger charge is 2.61. The third-order valence-electron chi connectivity index (χ3n) is 5.48. The molecule has 4 rings (SSSR count). The number of hydrogen-bond acceptors (Lipinski definition) is 5. The SMILES string of the molecule is CC1(C)O[C@@H]2[C@@H](CNC(=O)c3ccc(Cl)cc3Cl)OC[C@]2(CNC(=O)c2ccccc2)O1. The van der Waals surface area contributed by atoms with Gasteiger partial charge in [-0.05, 0) is 44.2 Å². The van der Waals surface area contributed by atoms with Crippen LogP contribution >= 0.6 is 23.2 Å². The van der Waals surface area contributed by atoms with Crippen LogP contribution in [0.3, 0.4) is 0 Å². The quantitative estimate of drug-likeness (QED) is 0.663. The van der Waals surface area contributed by atoms with Crippen LogP contribution in [0.25, 0.3) is 0 Å². The molecule has 32 heavy (non-hydrogen) atoms. The summed E-state index contributed by atoms with van der Waals surface area (Å²) in [5.41, 5.74) is 0.0157. The van der Waals surface area contributed by atoms with Gasteiger partial charge in [0.1, 0.15) is 17.8 Å². The second-order valence-corrected chi connectivity index (χ2v) is 9.18. The van der Waals surface area contributed by atoms with Crippen molar-refractivity contribution in [1.29, 1.82) is 0 Å². The molecule has 0 bridgehead atoms. The number of nitrogens with one attached hydrogen (secondary N) is 2. The predicted octanol–water partition coefficient (Wildman–Crippen LogP) is 3.44. The minimum Gasteiger partial charge on any atom is -0.370 e. The lowest BCUT2D eigenvalue weighted by Gasteiger charge is -2.27. The Morgan fingerprint density at radius 1 is 1.06 bits per heavy atom. The summed E-state index contributed by atoms with van der Waals surface area (Å²) in [5, 5.41) is 6.47. The van der Waals surface area contributed by atoms with E-state index in [0.29, 0.717) is 16.1 Å². The first-order chi connectivity index (χ1) is 15.2. The Kier molecular flexibility index (Phi) is 6.47. The number of benzene rings is 2. The van der Waals surface area contributed by atoms with E-state index in [-0.39, 0.29) is 36.5 Å². The van der Waals surface area contributed by atoms with E-state index >= 15 is 0 Å². The zero-order chi connectivity index (χ0) is 22.9. The molecule has 2 fully saturated rings. The minimum atomic E-state index is -0.860. The van der Waals surface area contributed by atoms with Crippen molar-refractivity contribution in [2.75, 3.05) is 19.7 Å². The van der Waals surface area contributed by atoms with Crippen molar-refractivity contribution >= 4 is 35.0 Å². The van der Waals surface area contributed by atoms with E-state index in [9.17, 15) is 9.59 Å². The molecule has 2 aliphatic rings. The van der Waals surface area contributed by atoms with Gasteiger partial charge in [0.25, 0.3) is 11.8 Å². The maximum Gasteiger partial charge on any atom is 0.252 e. The van der Waals surface area contributed by atoms with E-state index < -0.39 is 23.6 Å². The fourth-order valence-corrected chi connectivity index (χ4v) is 4.58. The van der Waals surface area contributed by atoms with Crippen LogP contribution in [0.5, 0.6) is 0 Å². The molecule has 2 aromatic rings. The fraction of sp³-hybridized carbons (Fsp3) is 0.391. The molecule has 0 aromatic heterocycles. The molecule has 2 aliphatic heterocycles. The van der Waals surface area contributed by atoms with Crippen LogP contribution in [0.15, 0.2) is 48.5 Å². The zero-order valence-electron chi connectivity index (χ0n) is 17.7. The van der Waals surface area contributed by atoms with Gasteiger partial charge in [-0.3, -0.25) is 9.59 Å². The second kappa shape index (κ2) is 9.00. The summed E-state index contributed by atoms with van der Waals surface area (Å²) in [5.74, 6) is -1.40. The van der Waals surface area contributed by atoms with Gasteiger partial charge in [-0.1, -0.05) is 41.4 Å². The van der Waals surface area contributed by atoms with E-state index in [1.165, 1.54) is 6.07 Å². The maximum atomic E-state index is 12.6. The minimum absolute atomic E-state index is 0.191. The number of rotatable bonds is 6. The van der Waals surface area contributed by atoms with Crippen LogP contribution < -0.4 is 10.6 Å². The van der Waals surface area contributed by atoms with Crippen LogP contribution in [0.1, 0.15) is 34.6 Å². The molecule has 9 heteroatoms. The van der Waals surface area contributed by atoms with Gasteiger partial charge >= 0.3 is 0 Å². The number of fused-ring (bicyclic) bond motifs is 1. The third-order valence-corrected chi connectivity index (χ3v) is 6.03. The summed E-state index contributed by atoms with van der Waals surface area (Å²) < 4.78 is 18.2. The van der Waals surface area contributed by atoms with E-state index in [0.717, 1.165) is 0 Å². The van der Waals surface area contributed by atoms with Gasteiger partial charge in [0.15, 0.2) is 5.79 Å². The summed E-state index contributed by atoms with van der Waals surface area (Å²) in [4.78, 5) is 25.1. The van der Waals surface area contributed by atoms with Gasteiger partial charge in [-0.25, -0.2) is 0 Å². The smallest absolute Gasteiger partial charge is 0.252 e. The number of amides is 2. The second-order valence-electron chi connectivity index (χ2n) is 8.34. The Bertz CT molecular complexity index is 1020. The largest absolute Gasteiger partial charge is 0.370 e. The maximum absolute atomic E-state index is 12.6. The zero-order valence-corrected chi connectivity index (χ0v) is 19.2. The molecule has 2 amide bonds. The van der Waals surface area contributed by atoms with Gasteiger partial charge in [0, 0.05) is 17.1 Å². The van der Waals surface area contributed by atoms with Crippen LogP contribution in [-0.2, 0) is 14.2 Å². The molecule has 2 aromatic carbocycles. The van der Waals surface area contributed by atoms with Crippen LogP contribution in [0.2, 0.25) is 10.0 Å². The first-order valence-electron chi connectivity index (χ1n) is 10.3. The van der Waals surface area contributed by atoms with Crippen molar-refractivity contribution in [1.82, 2.24) is 10.6 Å². The lowest BCUT2D eigenvalue weighted by Crippen LogP contribution is -2.52. The molecule has 0 saturated carbocycles. The molecular formula is C23H24Cl2N2O5. The van der Waals surface area contributed by atoms with Gasteiger partial charge in [-0.2, -0.15) is 0 Å². The van der Waals surface area contributed by atoms with Crippen molar-refractivity contribution in [3.8, 4) is 0 Å². The number of carbonyl (C=O) groups is 2. The van der Waals surface area contributed by atoms with Crippen molar-refractivity contribution in [3.05, 3.63) is 69.7 Å². The highest BCUT2D eigenvalue weighted by molar-refractivity contribution is 6.36. The summed E-state index contributed by atoms with van der Waals surface area (Å²) in [7, 11) is 0. The van der Waals surface area contributed by atoms with Gasteiger partial charge in [0.05, 0.1) is 23.7 Å². The Morgan fingerprint density at radius 2 is 1.81 bits per heavy atom. The molecule has 0 radical (unpaired) electrons. The highest BCUT2D eigenvalue weighted by atomic mass is 35.5. The molecule has 2 heterocycles. The first kappa shape index (κ1) is 23.0. The summed E-state index contributed by atoms with van der Waals surface area (Å²) >= 11 is 12.0. The number of carbonyl (C=O) groups excluding carboxylic acids is 2. The normalized spacial score (nSPS) is 25.9. The monoisotopic (exact) mass is 478 g/mol. The molecule has 0 spiro atoms. The Hall–Kier alpha value is -2.16. The lowest BCUT2D eigenvalue weighted by molar-refractivity contribution is -0.188. The number of hydrogen-bond donors (Lipinski definition) is 2. The average Bonchev–Trinajstić information content (AvgIpc) is 3.21. The van der Waals surface area contributed by atoms with Crippen molar-refractivity contribution < 1.29 is 23.8 Å². The third kappa shape index (κ3) is 4.77. The summed E-state index contributed by atoms with van der Waals surface area (Å²) in [6, 6.07) is 13.6. The standard InChI is InChI=1S/C23H24Cl2N2O5/c1-22(2)31-19-18(11-26-21(29)16-9-8-15(24)10-17(16)25)30-13-23(19,32-22)12-27-20(28)14-6-4-3-5-7-14/h3-10,18-19H,11-13H2,1-2H3,(H,26,29)(H,27,28)/t18-,19-,23+/m1/s1. The van der Waals surface area contributed by atoms with E-state index in [1.54, 1.807) is 36.4 Å². The molecule has 2 N–H and O–H groups in total. The highest BCUT2D eigenvalue weighted by Crippen LogP contribution is 2.43. The topological polar surface area (TPSA) is 85.9 Å². The van der Waals surface area contributed by atoms with Crippen molar-refractivity contribution in [2.45, 2.75) is 37.4 Å². The van der Waals surface area contributed by atoms with E-state index in [1.807, 2.05) is 19.9 Å².